The van der Waals surface area contributed by atoms with E-state index < -0.39 is 0 Å². The SMILES string of the molecule is COCc1cccc(NC(=O)CCCc2nc3ccccc3c(=O)[nH]2)c1. The molecular weight excluding hydrogens is 330 g/mol. The minimum absolute atomic E-state index is 0.0669. The zero-order valence-corrected chi connectivity index (χ0v) is 14.6. The third kappa shape index (κ3) is 4.55. The Kier molecular flexibility index (Phi) is 5.76. The van der Waals surface area contributed by atoms with Crippen molar-refractivity contribution in [3.05, 3.63) is 70.3 Å². The van der Waals surface area contributed by atoms with Crippen LogP contribution in [0.25, 0.3) is 10.9 Å². The van der Waals surface area contributed by atoms with Crippen molar-refractivity contribution in [1.29, 1.82) is 0 Å². The fraction of sp³-hybridized carbons (Fsp3) is 0.250. The summed E-state index contributed by atoms with van der Waals surface area (Å²) in [5, 5.41) is 3.46. The van der Waals surface area contributed by atoms with Gasteiger partial charge in [-0.2, -0.15) is 0 Å². The second-order valence-corrected chi connectivity index (χ2v) is 6.06. The molecule has 0 aliphatic carbocycles. The van der Waals surface area contributed by atoms with Gasteiger partial charge in [-0.25, -0.2) is 4.98 Å². The van der Waals surface area contributed by atoms with Gasteiger partial charge in [-0.15, -0.1) is 0 Å². The normalized spacial score (nSPS) is 10.8. The van der Waals surface area contributed by atoms with Gasteiger partial charge in [-0.3, -0.25) is 9.59 Å². The van der Waals surface area contributed by atoms with Crippen LogP contribution >= 0.6 is 0 Å². The van der Waals surface area contributed by atoms with Gasteiger partial charge in [-0.1, -0.05) is 24.3 Å². The molecule has 0 aliphatic heterocycles. The molecule has 1 amide bonds. The number of nitrogens with zero attached hydrogens (tertiary/aromatic N) is 1. The number of amides is 1. The summed E-state index contributed by atoms with van der Waals surface area (Å²) >= 11 is 0. The number of benzene rings is 2. The second-order valence-electron chi connectivity index (χ2n) is 6.06. The van der Waals surface area contributed by atoms with E-state index in [1.54, 1.807) is 13.2 Å². The van der Waals surface area contributed by atoms with Crippen LogP contribution in [0.4, 0.5) is 5.69 Å². The summed E-state index contributed by atoms with van der Waals surface area (Å²) < 4.78 is 5.09. The van der Waals surface area contributed by atoms with Crippen molar-refractivity contribution in [2.75, 3.05) is 12.4 Å². The van der Waals surface area contributed by atoms with Gasteiger partial charge >= 0.3 is 0 Å². The van der Waals surface area contributed by atoms with Crippen LogP contribution in [0.3, 0.4) is 0 Å². The third-order valence-electron chi connectivity index (χ3n) is 4.00. The van der Waals surface area contributed by atoms with Crippen LogP contribution in [-0.4, -0.2) is 23.0 Å². The van der Waals surface area contributed by atoms with Crippen LogP contribution < -0.4 is 10.9 Å². The van der Waals surface area contributed by atoms with Gasteiger partial charge in [-0.05, 0) is 36.2 Å². The summed E-state index contributed by atoms with van der Waals surface area (Å²) in [7, 11) is 1.64. The lowest BCUT2D eigenvalue weighted by molar-refractivity contribution is -0.116. The average molecular weight is 351 g/mol. The standard InChI is InChI=1S/C20H21N3O3/c1-26-13-14-6-4-7-15(12-14)21-19(24)11-5-10-18-22-17-9-3-2-8-16(17)20(25)23-18/h2-4,6-9,12H,5,10-11,13H2,1H3,(H,21,24)(H,22,23,25). The molecule has 1 heterocycles. The molecule has 0 fully saturated rings. The number of hydrogen-bond acceptors (Lipinski definition) is 4. The molecular formula is C20H21N3O3. The van der Waals surface area contributed by atoms with E-state index in [9.17, 15) is 9.59 Å². The molecule has 3 aromatic rings. The van der Waals surface area contributed by atoms with Crippen molar-refractivity contribution >= 4 is 22.5 Å². The number of carbonyl (C=O) groups excluding carboxylic acids is 1. The van der Waals surface area contributed by atoms with Crippen molar-refractivity contribution in [3.63, 3.8) is 0 Å². The van der Waals surface area contributed by atoms with Crippen LogP contribution in [0.2, 0.25) is 0 Å². The molecule has 0 saturated heterocycles. The topological polar surface area (TPSA) is 84.1 Å². The Morgan fingerprint density at radius 1 is 1.19 bits per heavy atom. The number of H-pyrrole nitrogens is 1. The van der Waals surface area contributed by atoms with Crippen LogP contribution in [-0.2, 0) is 22.6 Å². The van der Waals surface area contributed by atoms with E-state index in [-0.39, 0.29) is 11.5 Å². The predicted molar refractivity (Wildman–Crippen MR) is 101 cm³/mol. The molecule has 1 aromatic heterocycles. The Morgan fingerprint density at radius 2 is 2.04 bits per heavy atom. The van der Waals surface area contributed by atoms with Gasteiger partial charge in [0, 0.05) is 25.6 Å². The summed E-state index contributed by atoms with van der Waals surface area (Å²) in [5.74, 6) is 0.534. The number of aromatic nitrogens is 2. The highest BCUT2D eigenvalue weighted by Gasteiger charge is 2.06. The number of ether oxygens (including phenoxy) is 1. The fourth-order valence-corrected chi connectivity index (χ4v) is 2.80. The smallest absolute Gasteiger partial charge is 0.258 e. The third-order valence-corrected chi connectivity index (χ3v) is 4.00. The first-order valence-corrected chi connectivity index (χ1v) is 8.51. The molecule has 2 aromatic carbocycles. The summed E-state index contributed by atoms with van der Waals surface area (Å²) in [6.45, 7) is 0.505. The molecule has 6 heteroatoms. The molecule has 6 nitrogen and oxygen atoms in total. The second kappa shape index (κ2) is 8.40. The molecule has 0 unspecified atom stereocenters. The van der Waals surface area contributed by atoms with E-state index in [1.165, 1.54) is 0 Å². The Bertz CT molecular complexity index is 966. The molecule has 0 aliphatic rings. The van der Waals surface area contributed by atoms with E-state index in [0.29, 0.717) is 42.6 Å². The number of aromatic amines is 1. The molecule has 0 bridgehead atoms. The zero-order valence-electron chi connectivity index (χ0n) is 14.6. The first-order valence-electron chi connectivity index (χ1n) is 8.51. The van der Waals surface area contributed by atoms with Gasteiger partial charge in [0.25, 0.3) is 5.56 Å². The van der Waals surface area contributed by atoms with Crippen LogP contribution in [0.15, 0.2) is 53.3 Å². The molecule has 2 N–H and O–H groups in total. The number of methoxy groups -OCH3 is 1. The number of rotatable bonds is 7. The molecule has 3 rings (SSSR count). The van der Waals surface area contributed by atoms with E-state index in [2.05, 4.69) is 15.3 Å². The predicted octanol–water partition coefficient (Wildman–Crippen LogP) is 3.03. The van der Waals surface area contributed by atoms with Gasteiger partial charge in [0.1, 0.15) is 5.82 Å². The van der Waals surface area contributed by atoms with E-state index in [4.69, 9.17) is 4.74 Å². The monoisotopic (exact) mass is 351 g/mol. The Balaban J connectivity index is 1.55. The summed E-state index contributed by atoms with van der Waals surface area (Å²) in [6, 6.07) is 14.8. The van der Waals surface area contributed by atoms with Gasteiger partial charge in [0.05, 0.1) is 17.5 Å². The van der Waals surface area contributed by atoms with Crippen LogP contribution in [0.1, 0.15) is 24.2 Å². The summed E-state index contributed by atoms with van der Waals surface area (Å²) in [4.78, 5) is 31.4. The van der Waals surface area contributed by atoms with Crippen molar-refractivity contribution in [2.45, 2.75) is 25.9 Å². The highest BCUT2D eigenvalue weighted by molar-refractivity contribution is 5.90. The molecule has 26 heavy (non-hydrogen) atoms. The Labute approximate surface area is 151 Å². The lowest BCUT2D eigenvalue weighted by atomic mass is 10.2. The fourth-order valence-electron chi connectivity index (χ4n) is 2.80. The molecule has 0 saturated carbocycles. The highest BCUT2D eigenvalue weighted by atomic mass is 16.5. The lowest BCUT2D eigenvalue weighted by Gasteiger charge is -2.07. The largest absolute Gasteiger partial charge is 0.380 e. The summed E-state index contributed by atoms with van der Waals surface area (Å²) in [5.41, 5.74) is 2.28. The van der Waals surface area contributed by atoms with Crippen molar-refractivity contribution in [3.8, 4) is 0 Å². The molecule has 0 atom stereocenters. The number of hydrogen-bond donors (Lipinski definition) is 2. The number of carbonyl (C=O) groups is 1. The number of aryl methyl sites for hydroxylation is 1. The zero-order chi connectivity index (χ0) is 18.4. The highest BCUT2D eigenvalue weighted by Crippen LogP contribution is 2.12. The van der Waals surface area contributed by atoms with Crippen molar-refractivity contribution < 1.29 is 9.53 Å². The van der Waals surface area contributed by atoms with Crippen molar-refractivity contribution in [1.82, 2.24) is 9.97 Å². The van der Waals surface area contributed by atoms with E-state index in [0.717, 1.165) is 11.3 Å². The number of fused-ring (bicyclic) bond motifs is 1. The maximum absolute atomic E-state index is 12.1. The Morgan fingerprint density at radius 3 is 2.88 bits per heavy atom. The lowest BCUT2D eigenvalue weighted by Crippen LogP contribution is -2.14. The average Bonchev–Trinajstić information content (AvgIpc) is 2.62. The molecule has 134 valence electrons. The Hall–Kier alpha value is -2.99. The minimum Gasteiger partial charge on any atom is -0.380 e. The summed E-state index contributed by atoms with van der Waals surface area (Å²) in [6.07, 6.45) is 1.49. The number of anilines is 1. The van der Waals surface area contributed by atoms with Gasteiger partial charge in [0.2, 0.25) is 5.91 Å². The van der Waals surface area contributed by atoms with Crippen LogP contribution in [0.5, 0.6) is 0 Å². The minimum atomic E-state index is -0.148. The molecule has 0 spiro atoms. The van der Waals surface area contributed by atoms with E-state index >= 15 is 0 Å². The number of para-hydroxylation sites is 1. The van der Waals surface area contributed by atoms with Crippen LogP contribution in [0, 0.1) is 0 Å². The van der Waals surface area contributed by atoms with Gasteiger partial charge < -0.3 is 15.0 Å². The number of nitrogens with one attached hydrogen (secondary N) is 2. The maximum Gasteiger partial charge on any atom is 0.258 e. The quantitative estimate of drug-likeness (QED) is 0.685. The van der Waals surface area contributed by atoms with E-state index in [1.807, 2.05) is 42.5 Å². The molecule has 0 radical (unpaired) electrons. The first kappa shape index (κ1) is 17.8. The van der Waals surface area contributed by atoms with Gasteiger partial charge in [0.15, 0.2) is 0 Å². The van der Waals surface area contributed by atoms with Crippen molar-refractivity contribution in [2.24, 2.45) is 0 Å². The first-order chi connectivity index (χ1) is 12.7. The maximum atomic E-state index is 12.1.